The highest BCUT2D eigenvalue weighted by molar-refractivity contribution is 5.81. The molecule has 0 unspecified atom stereocenters. The molecule has 23 heavy (non-hydrogen) atoms. The third kappa shape index (κ3) is 3.27. The van der Waals surface area contributed by atoms with Crippen molar-refractivity contribution in [2.75, 3.05) is 6.61 Å². The van der Waals surface area contributed by atoms with Crippen molar-refractivity contribution < 1.29 is 13.9 Å². The number of nitrogens with one attached hydrogen (secondary N) is 1. The first-order chi connectivity index (χ1) is 11.1. The van der Waals surface area contributed by atoms with Gasteiger partial charge in [0.25, 0.3) is 0 Å². The number of aromatic nitrogens is 2. The topological polar surface area (TPSA) is 56.2 Å². The molecule has 1 N–H and O–H groups in total. The Kier molecular flexibility index (Phi) is 4.43. The van der Waals surface area contributed by atoms with Crippen molar-refractivity contribution in [3.63, 3.8) is 0 Å². The van der Waals surface area contributed by atoms with Crippen molar-refractivity contribution in [1.29, 1.82) is 0 Å². The first-order valence-electron chi connectivity index (χ1n) is 7.74. The van der Waals surface area contributed by atoms with Gasteiger partial charge in [-0.2, -0.15) is 0 Å². The van der Waals surface area contributed by atoms with E-state index in [0.29, 0.717) is 17.9 Å². The molecule has 1 fully saturated rings. The molecular weight excluding hydrogens is 297 g/mol. The van der Waals surface area contributed by atoms with Crippen LogP contribution in [0, 0.1) is 18.7 Å². The third-order valence-electron chi connectivity index (χ3n) is 4.21. The number of carbonyl (C=O) groups is 1. The second-order valence-electron chi connectivity index (χ2n) is 5.91. The van der Waals surface area contributed by atoms with Crippen LogP contribution in [0.25, 0.3) is 5.69 Å². The van der Waals surface area contributed by atoms with E-state index in [2.05, 4.69) is 10.3 Å². The molecule has 122 valence electrons. The minimum absolute atomic E-state index is 0.134. The Bertz CT molecular complexity index is 714. The highest BCUT2D eigenvalue weighted by Crippen LogP contribution is 2.20. The van der Waals surface area contributed by atoms with Gasteiger partial charge in [-0.25, -0.2) is 9.37 Å². The van der Waals surface area contributed by atoms with Crippen LogP contribution < -0.4 is 5.32 Å². The van der Waals surface area contributed by atoms with E-state index in [4.69, 9.17) is 4.74 Å². The molecule has 2 atom stereocenters. The van der Waals surface area contributed by atoms with E-state index >= 15 is 0 Å². The molecule has 0 radical (unpaired) electrons. The Morgan fingerprint density at radius 2 is 2.35 bits per heavy atom. The first-order valence-corrected chi connectivity index (χ1v) is 7.74. The molecule has 1 aromatic carbocycles. The van der Waals surface area contributed by atoms with E-state index in [1.165, 1.54) is 6.07 Å². The number of ether oxygens (including phenoxy) is 1. The lowest BCUT2D eigenvalue weighted by atomic mass is 10.0. The van der Waals surface area contributed by atoms with Crippen molar-refractivity contribution in [2.45, 2.75) is 32.9 Å². The Morgan fingerprint density at radius 1 is 1.52 bits per heavy atom. The number of rotatable bonds is 4. The van der Waals surface area contributed by atoms with Gasteiger partial charge in [-0.15, -0.1) is 0 Å². The fourth-order valence-corrected chi connectivity index (χ4v) is 2.81. The third-order valence-corrected chi connectivity index (χ3v) is 4.21. The fraction of sp³-hybridized carbons (Fsp3) is 0.412. The zero-order valence-electron chi connectivity index (χ0n) is 13.3. The molecule has 0 bridgehead atoms. The fourth-order valence-electron chi connectivity index (χ4n) is 2.81. The molecule has 1 aliphatic heterocycles. The predicted molar refractivity (Wildman–Crippen MR) is 83.6 cm³/mol. The molecule has 0 saturated carbocycles. The molecule has 1 aromatic heterocycles. The maximum Gasteiger partial charge on any atom is 0.249 e. The van der Waals surface area contributed by atoms with E-state index in [1.807, 2.05) is 13.8 Å². The number of hydrogen-bond acceptors (Lipinski definition) is 3. The standard InChI is InChI=1S/C17H20FN3O2/c1-11-5-8-23-16(11)17(22)20-10-13-3-4-15(14(18)9-13)21-7-6-19-12(21)2/h3-4,6-7,9,11,16H,5,8,10H2,1-2H3,(H,20,22)/t11-,16+/m1/s1. The summed E-state index contributed by atoms with van der Waals surface area (Å²) >= 11 is 0. The van der Waals surface area contributed by atoms with Gasteiger partial charge in [-0.05, 0) is 37.0 Å². The van der Waals surface area contributed by atoms with Crippen LogP contribution in [0.4, 0.5) is 4.39 Å². The van der Waals surface area contributed by atoms with Crippen molar-refractivity contribution >= 4 is 5.91 Å². The van der Waals surface area contributed by atoms with Crippen molar-refractivity contribution in [3.8, 4) is 5.69 Å². The zero-order valence-corrected chi connectivity index (χ0v) is 13.3. The van der Waals surface area contributed by atoms with Crippen LogP contribution in [0.5, 0.6) is 0 Å². The minimum atomic E-state index is -0.396. The van der Waals surface area contributed by atoms with Crippen LogP contribution in [0.3, 0.4) is 0 Å². The molecule has 5 nitrogen and oxygen atoms in total. The molecule has 2 heterocycles. The molecule has 1 aliphatic rings. The number of imidazole rings is 1. The summed E-state index contributed by atoms with van der Waals surface area (Å²) in [7, 11) is 0. The molecule has 2 aromatic rings. The maximum atomic E-state index is 14.3. The smallest absolute Gasteiger partial charge is 0.249 e. The number of amides is 1. The van der Waals surface area contributed by atoms with Crippen LogP contribution in [0.15, 0.2) is 30.6 Å². The summed E-state index contributed by atoms with van der Waals surface area (Å²) in [6.07, 6.45) is 3.85. The zero-order chi connectivity index (χ0) is 16.4. The van der Waals surface area contributed by atoms with Crippen LogP contribution in [0.1, 0.15) is 24.7 Å². The summed E-state index contributed by atoms with van der Waals surface area (Å²) in [6.45, 7) is 4.72. The van der Waals surface area contributed by atoms with Gasteiger partial charge in [-0.3, -0.25) is 4.79 Å². The number of nitrogens with zero attached hydrogens (tertiary/aromatic N) is 2. The Morgan fingerprint density at radius 3 is 2.96 bits per heavy atom. The van der Waals surface area contributed by atoms with E-state index in [1.54, 1.807) is 29.1 Å². The summed E-state index contributed by atoms with van der Waals surface area (Å²) in [5.74, 6) is 0.462. The van der Waals surface area contributed by atoms with Gasteiger partial charge in [0.2, 0.25) is 5.91 Å². The quantitative estimate of drug-likeness (QED) is 0.942. The van der Waals surface area contributed by atoms with Crippen LogP contribution in [-0.2, 0) is 16.1 Å². The summed E-state index contributed by atoms with van der Waals surface area (Å²) in [5.41, 5.74) is 1.16. The van der Waals surface area contributed by atoms with Gasteiger partial charge >= 0.3 is 0 Å². The molecule has 0 aliphatic carbocycles. The SMILES string of the molecule is Cc1nccn1-c1ccc(CNC(=O)[C@H]2OCC[C@H]2C)cc1F. The Labute approximate surface area is 134 Å². The Balaban J connectivity index is 1.67. The van der Waals surface area contributed by atoms with Gasteiger partial charge in [0.05, 0.1) is 5.69 Å². The van der Waals surface area contributed by atoms with Crippen LogP contribution in [-0.4, -0.2) is 28.2 Å². The van der Waals surface area contributed by atoms with Crippen molar-refractivity contribution in [1.82, 2.24) is 14.9 Å². The van der Waals surface area contributed by atoms with Gasteiger partial charge in [0, 0.05) is 25.5 Å². The number of benzene rings is 1. The second kappa shape index (κ2) is 6.50. The van der Waals surface area contributed by atoms with Crippen LogP contribution >= 0.6 is 0 Å². The van der Waals surface area contributed by atoms with Gasteiger partial charge < -0.3 is 14.6 Å². The van der Waals surface area contributed by atoms with E-state index in [9.17, 15) is 9.18 Å². The minimum Gasteiger partial charge on any atom is -0.368 e. The van der Waals surface area contributed by atoms with Gasteiger partial charge in [0.15, 0.2) is 0 Å². The normalized spacial score (nSPS) is 20.7. The average molecular weight is 317 g/mol. The summed E-state index contributed by atoms with van der Waals surface area (Å²) in [5, 5.41) is 2.81. The predicted octanol–water partition coefficient (Wildman–Crippen LogP) is 2.36. The molecule has 1 saturated heterocycles. The molecule has 6 heteroatoms. The monoisotopic (exact) mass is 317 g/mol. The molecular formula is C17H20FN3O2. The number of halogens is 1. The maximum absolute atomic E-state index is 14.3. The molecule has 1 amide bonds. The second-order valence-corrected chi connectivity index (χ2v) is 5.91. The molecule has 0 spiro atoms. The first kappa shape index (κ1) is 15.7. The van der Waals surface area contributed by atoms with E-state index in [0.717, 1.165) is 12.2 Å². The van der Waals surface area contributed by atoms with E-state index in [-0.39, 0.29) is 24.2 Å². The lowest BCUT2D eigenvalue weighted by Gasteiger charge is -2.15. The van der Waals surface area contributed by atoms with Crippen molar-refractivity contribution in [3.05, 3.63) is 47.8 Å². The Hall–Kier alpha value is -2.21. The highest BCUT2D eigenvalue weighted by Gasteiger charge is 2.30. The highest BCUT2D eigenvalue weighted by atomic mass is 19.1. The number of carbonyl (C=O) groups excluding carboxylic acids is 1. The average Bonchev–Trinajstić information content (AvgIpc) is 3.13. The summed E-state index contributed by atoms with van der Waals surface area (Å²) in [6, 6.07) is 4.94. The lowest BCUT2D eigenvalue weighted by Crippen LogP contribution is -2.36. The van der Waals surface area contributed by atoms with E-state index < -0.39 is 6.10 Å². The number of aryl methyl sites for hydroxylation is 1. The molecule has 3 rings (SSSR count). The van der Waals surface area contributed by atoms with Crippen molar-refractivity contribution in [2.24, 2.45) is 5.92 Å². The largest absolute Gasteiger partial charge is 0.368 e. The summed E-state index contributed by atoms with van der Waals surface area (Å²) < 4.78 is 21.4. The van der Waals surface area contributed by atoms with Crippen LogP contribution in [0.2, 0.25) is 0 Å². The number of hydrogen-bond donors (Lipinski definition) is 1. The van der Waals surface area contributed by atoms with Gasteiger partial charge in [-0.1, -0.05) is 13.0 Å². The summed E-state index contributed by atoms with van der Waals surface area (Å²) in [4.78, 5) is 16.2. The van der Waals surface area contributed by atoms with Gasteiger partial charge in [0.1, 0.15) is 17.7 Å². The lowest BCUT2D eigenvalue weighted by molar-refractivity contribution is -0.131.